The zero-order valence-electron chi connectivity index (χ0n) is 22.8. The summed E-state index contributed by atoms with van der Waals surface area (Å²) < 4.78 is 33.4. The molecule has 0 aliphatic carbocycles. The molecule has 0 saturated heterocycles. The van der Waals surface area contributed by atoms with Crippen LogP contribution in [0.3, 0.4) is 0 Å². The predicted octanol–water partition coefficient (Wildman–Crippen LogP) is 7.80. The molecule has 0 amide bonds. The molecule has 0 radical (unpaired) electrons. The molecular weight excluding hydrogens is 489 g/mol. The summed E-state index contributed by atoms with van der Waals surface area (Å²) >= 11 is 0. The van der Waals surface area contributed by atoms with Crippen molar-refractivity contribution in [3.63, 3.8) is 0 Å². The molecule has 5 heteroatoms. The summed E-state index contributed by atoms with van der Waals surface area (Å²) in [5.74, 6) is 0.511. The lowest BCUT2D eigenvalue weighted by Gasteiger charge is -2.44. The lowest BCUT2D eigenvalue weighted by Crippen LogP contribution is -2.51. The third-order valence-corrected chi connectivity index (χ3v) is 7.24. The minimum Gasteiger partial charge on any atom is -0.485 e. The molecule has 1 N–H and O–H groups in total. The highest BCUT2D eigenvalue weighted by Crippen LogP contribution is 2.44. The number of fused-ring (bicyclic) bond motifs is 1. The Morgan fingerprint density at radius 2 is 1.62 bits per heavy atom. The fourth-order valence-electron chi connectivity index (χ4n) is 5.07. The van der Waals surface area contributed by atoms with E-state index in [9.17, 15) is 4.39 Å². The van der Waals surface area contributed by atoms with Crippen molar-refractivity contribution in [2.75, 3.05) is 11.9 Å². The van der Waals surface area contributed by atoms with E-state index >= 15 is 0 Å². The molecule has 0 saturated carbocycles. The van der Waals surface area contributed by atoms with Crippen LogP contribution < -0.4 is 10.1 Å². The van der Waals surface area contributed by atoms with Crippen LogP contribution in [-0.2, 0) is 29.0 Å². The summed E-state index contributed by atoms with van der Waals surface area (Å²) in [6, 6.07) is 31.4. The monoisotopic (exact) mass is 525 g/mol. The van der Waals surface area contributed by atoms with Crippen LogP contribution in [0.5, 0.6) is 5.75 Å². The van der Waals surface area contributed by atoms with Crippen LogP contribution in [0, 0.1) is 12.7 Å². The van der Waals surface area contributed by atoms with Gasteiger partial charge >= 0.3 is 0 Å². The second kappa shape index (κ2) is 12.0. The molecule has 39 heavy (non-hydrogen) atoms. The van der Waals surface area contributed by atoms with Crippen molar-refractivity contribution < 1.29 is 18.6 Å². The topological polar surface area (TPSA) is 39.7 Å². The van der Waals surface area contributed by atoms with E-state index in [1.807, 2.05) is 50.2 Å². The van der Waals surface area contributed by atoms with E-state index in [1.54, 1.807) is 6.07 Å². The lowest BCUT2D eigenvalue weighted by atomic mass is 9.87. The highest BCUT2D eigenvalue weighted by molar-refractivity contribution is 5.54. The number of halogens is 1. The van der Waals surface area contributed by atoms with Crippen LogP contribution in [0.2, 0.25) is 0 Å². The van der Waals surface area contributed by atoms with Crippen LogP contribution in [0.1, 0.15) is 47.8 Å². The van der Waals surface area contributed by atoms with E-state index < -0.39 is 11.7 Å². The quantitative estimate of drug-likeness (QED) is 0.229. The van der Waals surface area contributed by atoms with Crippen LogP contribution in [0.15, 0.2) is 97.1 Å². The van der Waals surface area contributed by atoms with E-state index in [0.717, 1.165) is 35.5 Å². The van der Waals surface area contributed by atoms with Crippen LogP contribution in [0.4, 0.5) is 10.1 Å². The highest BCUT2D eigenvalue weighted by Gasteiger charge is 2.45. The second-order valence-corrected chi connectivity index (χ2v) is 10.6. The van der Waals surface area contributed by atoms with Gasteiger partial charge in [-0.25, -0.2) is 4.39 Å². The number of rotatable bonds is 10. The summed E-state index contributed by atoms with van der Waals surface area (Å²) in [6.45, 7) is 7.67. The van der Waals surface area contributed by atoms with Gasteiger partial charge in [0.1, 0.15) is 29.4 Å². The zero-order chi connectivity index (χ0) is 27.2. The van der Waals surface area contributed by atoms with Crippen molar-refractivity contribution in [3.8, 4) is 5.75 Å². The molecule has 4 aromatic rings. The maximum absolute atomic E-state index is 13.8. The first-order chi connectivity index (χ1) is 18.9. The fourth-order valence-corrected chi connectivity index (χ4v) is 5.07. The third kappa shape index (κ3) is 6.67. The number of benzene rings is 4. The average Bonchev–Trinajstić information content (AvgIpc) is 2.92. The third-order valence-electron chi connectivity index (χ3n) is 7.24. The van der Waals surface area contributed by atoms with Crippen LogP contribution in [0.25, 0.3) is 0 Å². The maximum Gasteiger partial charge on any atom is 0.132 e. The minimum absolute atomic E-state index is 0.258. The van der Waals surface area contributed by atoms with E-state index in [2.05, 4.69) is 54.7 Å². The Morgan fingerprint density at radius 1 is 0.846 bits per heavy atom. The van der Waals surface area contributed by atoms with E-state index in [4.69, 9.17) is 14.2 Å². The smallest absolute Gasteiger partial charge is 0.132 e. The maximum atomic E-state index is 13.8. The van der Waals surface area contributed by atoms with Crippen molar-refractivity contribution in [2.24, 2.45) is 0 Å². The summed E-state index contributed by atoms with van der Waals surface area (Å²) in [5, 5.41) is 3.56. The first-order valence-electron chi connectivity index (χ1n) is 13.5. The first kappa shape index (κ1) is 26.9. The Hall–Kier alpha value is -3.67. The number of hydrogen-bond donors (Lipinski definition) is 1. The Labute approximate surface area is 230 Å². The number of hydrogen-bond acceptors (Lipinski definition) is 4. The number of anilines is 1. The summed E-state index contributed by atoms with van der Waals surface area (Å²) in [7, 11) is 0. The molecule has 2 atom stereocenters. The van der Waals surface area contributed by atoms with Gasteiger partial charge in [-0.15, -0.1) is 0 Å². The number of ether oxygens (including phenoxy) is 3. The molecule has 1 aliphatic heterocycles. The SMILES string of the molecule is Cc1ccccc1CNc1ccc2c(c1)C(OCCc1ccccc1)C(OCc1cccc(F)c1)C(C)(C)O2. The Bertz CT molecular complexity index is 1390. The van der Waals surface area contributed by atoms with Crippen molar-refractivity contribution in [1.29, 1.82) is 0 Å². The number of nitrogens with one attached hydrogen (secondary N) is 1. The van der Waals surface area contributed by atoms with Gasteiger partial charge in [0.15, 0.2) is 0 Å². The van der Waals surface area contributed by atoms with Crippen molar-refractivity contribution in [2.45, 2.75) is 58.2 Å². The van der Waals surface area contributed by atoms with Gasteiger partial charge in [-0.2, -0.15) is 0 Å². The first-order valence-corrected chi connectivity index (χ1v) is 13.5. The number of aryl methyl sites for hydroxylation is 1. The Morgan fingerprint density at radius 3 is 2.41 bits per heavy atom. The molecule has 5 rings (SSSR count). The fraction of sp³-hybridized carbons (Fsp3) is 0.294. The van der Waals surface area contributed by atoms with E-state index in [0.29, 0.717) is 6.61 Å². The van der Waals surface area contributed by atoms with Crippen LogP contribution in [-0.4, -0.2) is 18.3 Å². The molecule has 0 fully saturated rings. The molecule has 1 heterocycles. The normalized spacial score (nSPS) is 17.7. The Kier molecular flexibility index (Phi) is 8.30. The standard InChI is InChI=1S/C34H36FNO3/c1-24-10-7-8-14-27(24)22-36-29-16-17-31-30(21-29)32(37-19-18-25-11-5-4-6-12-25)33(34(2,3)39-31)38-23-26-13-9-15-28(35)20-26/h4-17,20-21,32-33,36H,18-19,22-23H2,1-3H3. The minimum atomic E-state index is -0.659. The van der Waals surface area contributed by atoms with Gasteiger partial charge in [-0.05, 0) is 79.8 Å². The van der Waals surface area contributed by atoms with Gasteiger partial charge in [0.2, 0.25) is 0 Å². The van der Waals surface area contributed by atoms with Crippen LogP contribution >= 0.6 is 0 Å². The Balaban J connectivity index is 1.40. The van der Waals surface area contributed by atoms with Crippen molar-refractivity contribution >= 4 is 5.69 Å². The average molecular weight is 526 g/mol. The molecule has 2 unspecified atom stereocenters. The molecule has 0 bridgehead atoms. The molecule has 1 aliphatic rings. The summed E-state index contributed by atoms with van der Waals surface area (Å²) in [5.41, 5.74) is 5.76. The molecular formula is C34H36FNO3. The van der Waals surface area contributed by atoms with E-state index in [-0.39, 0.29) is 18.5 Å². The van der Waals surface area contributed by atoms with Gasteiger partial charge in [0.25, 0.3) is 0 Å². The summed E-state index contributed by atoms with van der Waals surface area (Å²) in [4.78, 5) is 0. The van der Waals surface area contributed by atoms with Gasteiger partial charge in [0.05, 0.1) is 13.2 Å². The van der Waals surface area contributed by atoms with Gasteiger partial charge in [0, 0.05) is 17.8 Å². The van der Waals surface area contributed by atoms with E-state index in [1.165, 1.54) is 28.8 Å². The zero-order valence-corrected chi connectivity index (χ0v) is 22.8. The molecule has 202 valence electrons. The van der Waals surface area contributed by atoms with Gasteiger partial charge < -0.3 is 19.5 Å². The van der Waals surface area contributed by atoms with Gasteiger partial charge in [-0.3, -0.25) is 0 Å². The summed E-state index contributed by atoms with van der Waals surface area (Å²) in [6.07, 6.45) is 0.0207. The van der Waals surface area contributed by atoms with Crippen molar-refractivity contribution in [3.05, 3.63) is 131 Å². The largest absolute Gasteiger partial charge is 0.485 e. The molecule has 0 spiro atoms. The molecule has 4 nitrogen and oxygen atoms in total. The lowest BCUT2D eigenvalue weighted by molar-refractivity contribution is -0.167. The predicted molar refractivity (Wildman–Crippen MR) is 153 cm³/mol. The van der Waals surface area contributed by atoms with Crippen molar-refractivity contribution in [1.82, 2.24) is 0 Å². The second-order valence-electron chi connectivity index (χ2n) is 10.6. The van der Waals surface area contributed by atoms with Gasteiger partial charge in [-0.1, -0.05) is 66.7 Å². The molecule has 0 aromatic heterocycles. The highest BCUT2D eigenvalue weighted by atomic mass is 19.1. The molecule has 4 aromatic carbocycles.